The molecule has 25 heavy (non-hydrogen) atoms. The van der Waals surface area contributed by atoms with E-state index in [0.717, 1.165) is 27.9 Å². The maximum absolute atomic E-state index is 12.2. The topological polar surface area (TPSA) is 38.3 Å². The minimum Gasteiger partial charge on any atom is -0.483 e. The van der Waals surface area contributed by atoms with Gasteiger partial charge in [0.05, 0.1) is 0 Å². The Hall–Kier alpha value is -3.07. The van der Waals surface area contributed by atoms with Crippen molar-refractivity contribution >= 4 is 11.6 Å². The largest absolute Gasteiger partial charge is 0.483 e. The molecule has 1 amide bonds. The van der Waals surface area contributed by atoms with Crippen molar-refractivity contribution in [3.8, 4) is 16.9 Å². The van der Waals surface area contributed by atoms with Crippen molar-refractivity contribution in [2.24, 2.45) is 0 Å². The summed E-state index contributed by atoms with van der Waals surface area (Å²) < 4.78 is 5.77. The van der Waals surface area contributed by atoms with Crippen molar-refractivity contribution in [1.29, 1.82) is 0 Å². The normalized spacial score (nSPS) is 10.3. The highest BCUT2D eigenvalue weighted by atomic mass is 16.5. The molecule has 3 rings (SSSR count). The number of carbonyl (C=O) groups is 1. The van der Waals surface area contributed by atoms with Gasteiger partial charge >= 0.3 is 0 Å². The van der Waals surface area contributed by atoms with Gasteiger partial charge in [0.25, 0.3) is 5.91 Å². The van der Waals surface area contributed by atoms with Gasteiger partial charge in [-0.05, 0) is 48.7 Å². The molecule has 0 aliphatic rings. The van der Waals surface area contributed by atoms with E-state index in [-0.39, 0.29) is 12.5 Å². The Bertz CT molecular complexity index is 852. The molecule has 0 unspecified atom stereocenters. The van der Waals surface area contributed by atoms with Gasteiger partial charge in [-0.3, -0.25) is 4.79 Å². The molecule has 3 nitrogen and oxygen atoms in total. The summed E-state index contributed by atoms with van der Waals surface area (Å²) in [6.07, 6.45) is 0. The zero-order chi connectivity index (χ0) is 17.6. The van der Waals surface area contributed by atoms with E-state index in [2.05, 4.69) is 11.4 Å². The first kappa shape index (κ1) is 16.8. The first-order chi connectivity index (χ1) is 12.1. The smallest absolute Gasteiger partial charge is 0.262 e. The fourth-order valence-electron chi connectivity index (χ4n) is 2.84. The van der Waals surface area contributed by atoms with Crippen LogP contribution in [0, 0.1) is 13.8 Å². The van der Waals surface area contributed by atoms with E-state index in [0.29, 0.717) is 5.75 Å². The Balaban J connectivity index is 1.69. The molecular formula is C22H21NO2. The fourth-order valence-corrected chi connectivity index (χ4v) is 2.84. The molecule has 3 aromatic rings. The van der Waals surface area contributed by atoms with Crippen LogP contribution in [-0.4, -0.2) is 12.5 Å². The summed E-state index contributed by atoms with van der Waals surface area (Å²) in [6.45, 7) is 3.99. The number of carbonyl (C=O) groups excluding carboxylic acids is 1. The molecule has 0 fully saturated rings. The molecule has 0 bridgehead atoms. The number of amides is 1. The van der Waals surface area contributed by atoms with Gasteiger partial charge in [0.2, 0.25) is 0 Å². The van der Waals surface area contributed by atoms with Crippen LogP contribution >= 0.6 is 0 Å². The lowest BCUT2D eigenvalue weighted by Gasteiger charge is -2.12. The molecule has 0 radical (unpaired) electrons. The number of para-hydroxylation sites is 1. The summed E-state index contributed by atoms with van der Waals surface area (Å²) in [5, 5.41) is 2.89. The van der Waals surface area contributed by atoms with E-state index in [4.69, 9.17) is 4.74 Å². The first-order valence-electron chi connectivity index (χ1n) is 8.27. The predicted octanol–water partition coefficient (Wildman–Crippen LogP) is 4.99. The van der Waals surface area contributed by atoms with Crippen molar-refractivity contribution in [3.05, 3.63) is 83.9 Å². The lowest BCUT2D eigenvalue weighted by atomic mass is 10.1. The molecule has 3 aromatic carbocycles. The molecule has 1 N–H and O–H groups in total. The van der Waals surface area contributed by atoms with Crippen molar-refractivity contribution < 1.29 is 9.53 Å². The van der Waals surface area contributed by atoms with Gasteiger partial charge < -0.3 is 10.1 Å². The van der Waals surface area contributed by atoms with E-state index in [9.17, 15) is 4.79 Å². The lowest BCUT2D eigenvalue weighted by Crippen LogP contribution is -2.20. The summed E-state index contributed by atoms with van der Waals surface area (Å²) in [7, 11) is 0. The molecule has 0 atom stereocenters. The Morgan fingerprint density at radius 1 is 0.880 bits per heavy atom. The summed E-state index contributed by atoms with van der Waals surface area (Å²) in [4.78, 5) is 12.2. The minimum absolute atomic E-state index is 0.0309. The van der Waals surface area contributed by atoms with Gasteiger partial charge in [-0.25, -0.2) is 0 Å². The number of aryl methyl sites for hydroxylation is 2. The van der Waals surface area contributed by atoms with E-state index in [1.807, 2.05) is 80.6 Å². The van der Waals surface area contributed by atoms with E-state index >= 15 is 0 Å². The average molecular weight is 331 g/mol. The number of hydrogen-bond donors (Lipinski definition) is 1. The third-order valence-corrected chi connectivity index (χ3v) is 3.84. The fraction of sp³-hybridized carbons (Fsp3) is 0.136. The van der Waals surface area contributed by atoms with Gasteiger partial charge in [-0.2, -0.15) is 0 Å². The van der Waals surface area contributed by atoms with E-state index < -0.39 is 0 Å². The minimum atomic E-state index is -0.173. The van der Waals surface area contributed by atoms with Crippen LogP contribution in [0.2, 0.25) is 0 Å². The molecular weight excluding hydrogens is 310 g/mol. The predicted molar refractivity (Wildman–Crippen MR) is 102 cm³/mol. The van der Waals surface area contributed by atoms with Crippen LogP contribution in [0.25, 0.3) is 11.1 Å². The van der Waals surface area contributed by atoms with E-state index in [1.54, 1.807) is 0 Å². The monoisotopic (exact) mass is 331 g/mol. The highest BCUT2D eigenvalue weighted by Gasteiger charge is 2.09. The Morgan fingerprint density at radius 3 is 2.24 bits per heavy atom. The highest BCUT2D eigenvalue weighted by molar-refractivity contribution is 5.92. The summed E-state index contributed by atoms with van der Waals surface area (Å²) in [6, 6.07) is 23.7. The molecule has 0 saturated heterocycles. The summed E-state index contributed by atoms with van der Waals surface area (Å²) in [5.41, 5.74) is 5.06. The quantitative estimate of drug-likeness (QED) is 0.715. The Morgan fingerprint density at radius 2 is 1.52 bits per heavy atom. The van der Waals surface area contributed by atoms with Gasteiger partial charge in [-0.1, -0.05) is 54.6 Å². The lowest BCUT2D eigenvalue weighted by molar-refractivity contribution is -0.118. The molecule has 0 aromatic heterocycles. The third-order valence-electron chi connectivity index (χ3n) is 3.84. The molecule has 0 heterocycles. The molecule has 0 saturated carbocycles. The van der Waals surface area contributed by atoms with Crippen molar-refractivity contribution in [2.75, 3.05) is 11.9 Å². The maximum atomic E-state index is 12.2. The van der Waals surface area contributed by atoms with Crippen LogP contribution in [0.15, 0.2) is 72.8 Å². The number of hydrogen-bond acceptors (Lipinski definition) is 2. The molecule has 3 heteroatoms. The van der Waals surface area contributed by atoms with Crippen molar-refractivity contribution in [2.45, 2.75) is 13.8 Å². The van der Waals surface area contributed by atoms with Crippen LogP contribution in [0.1, 0.15) is 11.1 Å². The van der Waals surface area contributed by atoms with Gasteiger partial charge in [0.1, 0.15) is 5.75 Å². The van der Waals surface area contributed by atoms with Gasteiger partial charge in [0, 0.05) is 11.3 Å². The Labute approximate surface area is 148 Å². The van der Waals surface area contributed by atoms with Gasteiger partial charge in [0.15, 0.2) is 6.61 Å². The SMILES string of the molecule is Cc1cc(C)cc(NC(=O)COc2ccccc2-c2ccccc2)c1. The second-order valence-electron chi connectivity index (χ2n) is 6.08. The average Bonchev–Trinajstić information content (AvgIpc) is 2.60. The first-order valence-corrected chi connectivity index (χ1v) is 8.27. The summed E-state index contributed by atoms with van der Waals surface area (Å²) in [5.74, 6) is 0.525. The van der Waals surface area contributed by atoms with Crippen molar-refractivity contribution in [3.63, 3.8) is 0 Å². The molecule has 126 valence electrons. The molecule has 0 aliphatic heterocycles. The maximum Gasteiger partial charge on any atom is 0.262 e. The van der Waals surface area contributed by atoms with Crippen LogP contribution in [0.4, 0.5) is 5.69 Å². The zero-order valence-electron chi connectivity index (χ0n) is 14.5. The second-order valence-corrected chi connectivity index (χ2v) is 6.08. The number of anilines is 1. The van der Waals surface area contributed by atoms with Crippen LogP contribution in [-0.2, 0) is 4.79 Å². The van der Waals surface area contributed by atoms with Crippen LogP contribution < -0.4 is 10.1 Å². The van der Waals surface area contributed by atoms with E-state index in [1.165, 1.54) is 0 Å². The van der Waals surface area contributed by atoms with Crippen LogP contribution in [0.5, 0.6) is 5.75 Å². The second kappa shape index (κ2) is 7.67. The molecule has 0 aliphatic carbocycles. The van der Waals surface area contributed by atoms with Gasteiger partial charge in [-0.15, -0.1) is 0 Å². The zero-order valence-corrected chi connectivity index (χ0v) is 14.5. The highest BCUT2D eigenvalue weighted by Crippen LogP contribution is 2.29. The number of benzene rings is 3. The number of nitrogens with one attached hydrogen (secondary N) is 1. The summed E-state index contributed by atoms with van der Waals surface area (Å²) >= 11 is 0. The third kappa shape index (κ3) is 4.48. The molecule has 0 spiro atoms. The standard InChI is InChI=1S/C22H21NO2/c1-16-12-17(2)14-19(13-16)23-22(24)15-25-21-11-7-6-10-20(21)18-8-4-3-5-9-18/h3-14H,15H2,1-2H3,(H,23,24). The van der Waals surface area contributed by atoms with Crippen molar-refractivity contribution in [1.82, 2.24) is 0 Å². The number of ether oxygens (including phenoxy) is 1. The Kier molecular flexibility index (Phi) is 5.14. The van der Waals surface area contributed by atoms with Crippen LogP contribution in [0.3, 0.4) is 0 Å². The number of rotatable bonds is 5.